The molecular formula is C22H28N2O4S. The number of anilines is 1. The highest BCUT2D eigenvalue weighted by atomic mass is 32.2. The van der Waals surface area contributed by atoms with Crippen molar-refractivity contribution in [1.29, 1.82) is 0 Å². The van der Waals surface area contributed by atoms with Gasteiger partial charge in [0.05, 0.1) is 11.5 Å². The number of hydrogen-bond donors (Lipinski definition) is 1. The predicted molar refractivity (Wildman–Crippen MR) is 114 cm³/mol. The molecule has 1 fully saturated rings. The predicted octanol–water partition coefficient (Wildman–Crippen LogP) is 3.83. The van der Waals surface area contributed by atoms with E-state index in [9.17, 15) is 13.2 Å². The third-order valence-corrected chi connectivity index (χ3v) is 6.86. The zero-order valence-corrected chi connectivity index (χ0v) is 17.6. The van der Waals surface area contributed by atoms with Gasteiger partial charge in [0.15, 0.2) is 0 Å². The number of hydrogen-bond acceptors (Lipinski definition) is 4. The number of carbonyl (C=O) groups excluding carboxylic acids is 1. The van der Waals surface area contributed by atoms with E-state index in [-0.39, 0.29) is 5.91 Å². The quantitative estimate of drug-likeness (QED) is 0.710. The van der Waals surface area contributed by atoms with E-state index in [1.807, 2.05) is 25.1 Å². The van der Waals surface area contributed by atoms with Crippen molar-refractivity contribution in [3.63, 3.8) is 0 Å². The fourth-order valence-electron chi connectivity index (χ4n) is 3.39. The average molecular weight is 417 g/mol. The Morgan fingerprint density at radius 3 is 2.48 bits per heavy atom. The molecule has 1 heterocycles. The van der Waals surface area contributed by atoms with E-state index in [1.165, 1.54) is 0 Å². The van der Waals surface area contributed by atoms with Crippen LogP contribution in [0.2, 0.25) is 0 Å². The van der Waals surface area contributed by atoms with Gasteiger partial charge in [0.1, 0.15) is 5.75 Å². The number of sulfonamides is 1. The minimum atomic E-state index is -3.42. The lowest BCUT2D eigenvalue weighted by atomic mass is 10.1. The number of benzene rings is 2. The first-order valence-corrected chi connectivity index (χ1v) is 11.5. The van der Waals surface area contributed by atoms with Crippen LogP contribution in [0.5, 0.6) is 5.75 Å². The smallest absolute Gasteiger partial charge is 0.243 e. The van der Waals surface area contributed by atoms with Crippen molar-refractivity contribution >= 4 is 21.6 Å². The molecule has 29 heavy (non-hydrogen) atoms. The van der Waals surface area contributed by atoms with Gasteiger partial charge in [-0.1, -0.05) is 24.6 Å². The first-order chi connectivity index (χ1) is 14.0. The van der Waals surface area contributed by atoms with E-state index in [0.717, 1.165) is 30.6 Å². The van der Waals surface area contributed by atoms with Gasteiger partial charge in [-0.15, -0.1) is 0 Å². The van der Waals surface area contributed by atoms with Crippen LogP contribution in [-0.2, 0) is 21.2 Å². The van der Waals surface area contributed by atoms with Gasteiger partial charge in [0.25, 0.3) is 0 Å². The molecule has 0 radical (unpaired) electrons. The highest BCUT2D eigenvalue weighted by Crippen LogP contribution is 2.21. The number of ether oxygens (including phenoxy) is 1. The lowest BCUT2D eigenvalue weighted by molar-refractivity contribution is -0.116. The molecule has 0 atom stereocenters. The number of nitrogens with one attached hydrogen (secondary N) is 1. The Morgan fingerprint density at radius 1 is 1.07 bits per heavy atom. The first kappa shape index (κ1) is 21.3. The lowest BCUT2D eigenvalue weighted by Crippen LogP contribution is -2.35. The summed E-state index contributed by atoms with van der Waals surface area (Å²) in [6, 6.07) is 14.2. The Hall–Kier alpha value is -2.38. The molecule has 2 aromatic rings. The van der Waals surface area contributed by atoms with Gasteiger partial charge in [-0.25, -0.2) is 8.42 Å². The number of carbonyl (C=O) groups is 1. The monoisotopic (exact) mass is 416 g/mol. The second kappa shape index (κ2) is 9.89. The van der Waals surface area contributed by atoms with Crippen LogP contribution < -0.4 is 10.1 Å². The maximum atomic E-state index is 12.7. The van der Waals surface area contributed by atoms with Gasteiger partial charge in [-0.05, 0) is 56.0 Å². The Kier molecular flexibility index (Phi) is 7.28. The van der Waals surface area contributed by atoms with Gasteiger partial charge in [-0.3, -0.25) is 4.79 Å². The van der Waals surface area contributed by atoms with E-state index in [0.29, 0.717) is 43.1 Å². The largest absolute Gasteiger partial charge is 0.494 e. The molecule has 7 heteroatoms. The van der Waals surface area contributed by atoms with Crippen LogP contribution in [-0.4, -0.2) is 38.3 Å². The minimum Gasteiger partial charge on any atom is -0.494 e. The van der Waals surface area contributed by atoms with Gasteiger partial charge in [-0.2, -0.15) is 4.31 Å². The van der Waals surface area contributed by atoms with Crippen LogP contribution in [0.3, 0.4) is 0 Å². The van der Waals surface area contributed by atoms with Gasteiger partial charge in [0, 0.05) is 31.3 Å². The number of piperidine rings is 1. The summed E-state index contributed by atoms with van der Waals surface area (Å²) in [7, 11) is -3.42. The molecule has 6 nitrogen and oxygen atoms in total. The van der Waals surface area contributed by atoms with Crippen LogP contribution in [0.4, 0.5) is 5.69 Å². The van der Waals surface area contributed by atoms with E-state index < -0.39 is 10.0 Å². The SMILES string of the molecule is CCOc1cccc(NC(=O)CCc2ccc(S(=O)(=O)N3CCCCC3)cc2)c1. The number of aryl methyl sites for hydroxylation is 1. The van der Waals surface area contributed by atoms with E-state index in [1.54, 1.807) is 34.6 Å². The lowest BCUT2D eigenvalue weighted by Gasteiger charge is -2.25. The Bertz CT molecular complexity index is 920. The van der Waals surface area contributed by atoms with Crippen LogP contribution in [0.25, 0.3) is 0 Å². The molecule has 3 rings (SSSR count). The second-order valence-electron chi connectivity index (χ2n) is 7.12. The fourth-order valence-corrected chi connectivity index (χ4v) is 4.91. The summed E-state index contributed by atoms with van der Waals surface area (Å²) < 4.78 is 32.4. The fraction of sp³-hybridized carbons (Fsp3) is 0.409. The summed E-state index contributed by atoms with van der Waals surface area (Å²) in [5, 5.41) is 2.87. The van der Waals surface area contributed by atoms with Crippen molar-refractivity contribution < 1.29 is 17.9 Å². The molecule has 1 aliphatic rings. The van der Waals surface area contributed by atoms with Crippen molar-refractivity contribution in [3.8, 4) is 5.75 Å². The van der Waals surface area contributed by atoms with Crippen LogP contribution in [0.15, 0.2) is 53.4 Å². The summed E-state index contributed by atoms with van der Waals surface area (Å²) in [4.78, 5) is 12.6. The van der Waals surface area contributed by atoms with Crippen molar-refractivity contribution in [2.24, 2.45) is 0 Å². The molecule has 0 unspecified atom stereocenters. The Morgan fingerprint density at radius 2 is 1.79 bits per heavy atom. The van der Waals surface area contributed by atoms with Gasteiger partial charge < -0.3 is 10.1 Å². The molecular weight excluding hydrogens is 388 g/mol. The molecule has 0 aromatic heterocycles. The molecule has 0 saturated carbocycles. The van der Waals surface area contributed by atoms with Crippen LogP contribution in [0.1, 0.15) is 38.2 Å². The number of rotatable bonds is 8. The van der Waals surface area contributed by atoms with Crippen LogP contribution in [0, 0.1) is 0 Å². The normalized spacial score (nSPS) is 15.1. The van der Waals surface area contributed by atoms with Crippen molar-refractivity contribution in [1.82, 2.24) is 4.31 Å². The first-order valence-electron chi connectivity index (χ1n) is 10.1. The zero-order chi connectivity index (χ0) is 20.7. The summed E-state index contributed by atoms with van der Waals surface area (Å²) in [6.45, 7) is 3.67. The zero-order valence-electron chi connectivity index (χ0n) is 16.8. The van der Waals surface area contributed by atoms with Gasteiger partial charge >= 0.3 is 0 Å². The maximum absolute atomic E-state index is 12.7. The third-order valence-electron chi connectivity index (χ3n) is 4.95. The molecule has 0 spiro atoms. The maximum Gasteiger partial charge on any atom is 0.243 e. The van der Waals surface area contributed by atoms with Gasteiger partial charge in [0.2, 0.25) is 15.9 Å². The Balaban J connectivity index is 1.54. The molecule has 1 amide bonds. The molecule has 1 aliphatic heterocycles. The molecule has 1 N–H and O–H groups in total. The van der Waals surface area contributed by atoms with Crippen molar-refractivity contribution in [2.75, 3.05) is 25.0 Å². The van der Waals surface area contributed by atoms with E-state index >= 15 is 0 Å². The number of amides is 1. The van der Waals surface area contributed by atoms with Crippen LogP contribution >= 0.6 is 0 Å². The van der Waals surface area contributed by atoms with Crippen molar-refractivity contribution in [2.45, 2.75) is 43.9 Å². The number of nitrogens with zero attached hydrogens (tertiary/aromatic N) is 1. The summed E-state index contributed by atoms with van der Waals surface area (Å²) >= 11 is 0. The molecule has 0 bridgehead atoms. The summed E-state index contributed by atoms with van der Waals surface area (Å²) in [5.74, 6) is 0.625. The highest BCUT2D eigenvalue weighted by Gasteiger charge is 2.25. The summed E-state index contributed by atoms with van der Waals surface area (Å²) in [6.07, 6.45) is 3.78. The second-order valence-corrected chi connectivity index (χ2v) is 9.06. The highest BCUT2D eigenvalue weighted by molar-refractivity contribution is 7.89. The minimum absolute atomic E-state index is 0.0938. The molecule has 0 aliphatic carbocycles. The Labute approximate surface area is 172 Å². The van der Waals surface area contributed by atoms with Crippen molar-refractivity contribution in [3.05, 3.63) is 54.1 Å². The average Bonchev–Trinajstić information content (AvgIpc) is 2.74. The third kappa shape index (κ3) is 5.81. The van der Waals surface area contributed by atoms with E-state index in [4.69, 9.17) is 4.74 Å². The summed E-state index contributed by atoms with van der Waals surface area (Å²) in [5.41, 5.74) is 1.63. The molecule has 2 aromatic carbocycles. The topological polar surface area (TPSA) is 75.7 Å². The standard InChI is InChI=1S/C22H28N2O4S/c1-2-28-20-8-6-7-19(17-20)23-22(25)14-11-18-9-12-21(13-10-18)29(26,27)24-15-4-3-5-16-24/h6-10,12-13,17H,2-5,11,14-16H2,1H3,(H,23,25). The molecule has 1 saturated heterocycles. The van der Waals surface area contributed by atoms with E-state index in [2.05, 4.69) is 5.32 Å². The molecule has 156 valence electrons.